The maximum absolute atomic E-state index is 12.1. The first-order chi connectivity index (χ1) is 10.1. The Balaban J connectivity index is 1.87. The summed E-state index contributed by atoms with van der Waals surface area (Å²) in [6, 6.07) is 11.2. The molecular formula is C15H16ClF2NOS. The molecule has 2 aromatic rings. The Morgan fingerprint density at radius 3 is 2.62 bits per heavy atom. The van der Waals surface area contributed by atoms with Crippen molar-refractivity contribution in [2.45, 2.75) is 31.0 Å². The van der Waals surface area contributed by atoms with Crippen LogP contribution in [0.15, 0.2) is 40.8 Å². The van der Waals surface area contributed by atoms with Crippen molar-refractivity contribution in [3.05, 3.63) is 58.5 Å². The molecule has 0 spiro atoms. The Morgan fingerprint density at radius 2 is 1.90 bits per heavy atom. The van der Waals surface area contributed by atoms with Gasteiger partial charge in [0.25, 0.3) is 5.76 Å². The molecule has 114 valence electrons. The standard InChI is InChI=1S/C15H16ClF2NOS/c1-10(13-4-2-3-5-14(13)16)19-8-11-6-7-12(20-11)9-21-15(17)18/h2-7,10,15,19H,8-9H2,1H3/t10-/m0/s1. The van der Waals surface area contributed by atoms with Gasteiger partial charge in [-0.2, -0.15) is 8.78 Å². The highest BCUT2D eigenvalue weighted by atomic mass is 35.5. The molecular weight excluding hydrogens is 316 g/mol. The minimum absolute atomic E-state index is 0.0719. The van der Waals surface area contributed by atoms with E-state index in [2.05, 4.69) is 5.32 Å². The molecule has 0 bridgehead atoms. The highest BCUT2D eigenvalue weighted by Gasteiger charge is 2.11. The average Bonchev–Trinajstić information content (AvgIpc) is 2.91. The minimum Gasteiger partial charge on any atom is -0.464 e. The molecule has 1 heterocycles. The third-order valence-corrected chi connectivity index (χ3v) is 4.07. The summed E-state index contributed by atoms with van der Waals surface area (Å²) in [6.07, 6.45) is 0. The molecule has 1 atom stereocenters. The zero-order chi connectivity index (χ0) is 15.2. The zero-order valence-electron chi connectivity index (χ0n) is 11.5. The van der Waals surface area contributed by atoms with Crippen molar-refractivity contribution in [3.63, 3.8) is 0 Å². The van der Waals surface area contributed by atoms with Gasteiger partial charge in [-0.25, -0.2) is 0 Å². The van der Waals surface area contributed by atoms with E-state index in [1.54, 1.807) is 12.1 Å². The molecule has 0 saturated carbocycles. The SMILES string of the molecule is C[C@H](NCc1ccc(CSC(F)F)o1)c1ccccc1Cl. The molecule has 1 aromatic heterocycles. The molecule has 21 heavy (non-hydrogen) atoms. The number of benzene rings is 1. The van der Waals surface area contributed by atoms with E-state index in [4.69, 9.17) is 16.0 Å². The van der Waals surface area contributed by atoms with Gasteiger partial charge >= 0.3 is 0 Å². The van der Waals surface area contributed by atoms with Crippen molar-refractivity contribution in [1.29, 1.82) is 0 Å². The Bertz CT molecular complexity index is 576. The lowest BCUT2D eigenvalue weighted by Crippen LogP contribution is -2.18. The van der Waals surface area contributed by atoms with Crippen LogP contribution in [0.4, 0.5) is 8.78 Å². The summed E-state index contributed by atoms with van der Waals surface area (Å²) < 4.78 is 29.7. The molecule has 0 fully saturated rings. The normalized spacial score (nSPS) is 12.8. The fourth-order valence-electron chi connectivity index (χ4n) is 1.93. The number of nitrogens with one attached hydrogen (secondary N) is 1. The molecule has 1 N–H and O–H groups in total. The average molecular weight is 332 g/mol. The van der Waals surface area contributed by atoms with Crippen molar-refractivity contribution >= 4 is 23.4 Å². The van der Waals surface area contributed by atoms with Crippen LogP contribution in [0.5, 0.6) is 0 Å². The van der Waals surface area contributed by atoms with E-state index in [1.165, 1.54) is 0 Å². The molecule has 2 rings (SSSR count). The van der Waals surface area contributed by atoms with Gasteiger partial charge in [0.2, 0.25) is 0 Å². The maximum Gasteiger partial charge on any atom is 0.284 e. The van der Waals surface area contributed by atoms with Gasteiger partial charge in [0, 0.05) is 11.1 Å². The lowest BCUT2D eigenvalue weighted by molar-refractivity contribution is 0.251. The largest absolute Gasteiger partial charge is 0.464 e. The Hall–Kier alpha value is -1.04. The number of halogens is 3. The van der Waals surface area contributed by atoms with Crippen LogP contribution in [0, 0.1) is 0 Å². The summed E-state index contributed by atoms with van der Waals surface area (Å²) in [4.78, 5) is 0. The lowest BCUT2D eigenvalue weighted by atomic mass is 10.1. The predicted molar refractivity (Wildman–Crippen MR) is 82.7 cm³/mol. The van der Waals surface area contributed by atoms with Gasteiger partial charge in [-0.15, -0.1) is 0 Å². The second-order valence-electron chi connectivity index (χ2n) is 4.56. The van der Waals surface area contributed by atoms with Crippen LogP contribution in [-0.2, 0) is 12.3 Å². The molecule has 1 aromatic carbocycles. The van der Waals surface area contributed by atoms with Crippen LogP contribution >= 0.6 is 23.4 Å². The van der Waals surface area contributed by atoms with E-state index in [-0.39, 0.29) is 11.8 Å². The van der Waals surface area contributed by atoms with Gasteiger partial charge in [-0.3, -0.25) is 0 Å². The van der Waals surface area contributed by atoms with Crippen LogP contribution < -0.4 is 5.32 Å². The molecule has 0 aliphatic carbocycles. The van der Waals surface area contributed by atoms with Crippen molar-refractivity contribution in [2.24, 2.45) is 0 Å². The van der Waals surface area contributed by atoms with Crippen LogP contribution in [0.25, 0.3) is 0 Å². The van der Waals surface area contributed by atoms with Gasteiger partial charge in [0.1, 0.15) is 11.5 Å². The van der Waals surface area contributed by atoms with Crippen LogP contribution in [0.3, 0.4) is 0 Å². The van der Waals surface area contributed by atoms with Crippen molar-refractivity contribution < 1.29 is 13.2 Å². The van der Waals surface area contributed by atoms with E-state index in [1.807, 2.05) is 31.2 Å². The van der Waals surface area contributed by atoms with E-state index in [0.717, 1.165) is 11.3 Å². The monoisotopic (exact) mass is 331 g/mol. The van der Waals surface area contributed by atoms with E-state index < -0.39 is 5.76 Å². The van der Waals surface area contributed by atoms with E-state index in [0.29, 0.717) is 29.1 Å². The second kappa shape index (κ2) is 7.82. The Morgan fingerprint density at radius 1 is 1.19 bits per heavy atom. The first-order valence-corrected chi connectivity index (χ1v) is 7.94. The van der Waals surface area contributed by atoms with Crippen molar-refractivity contribution in [3.8, 4) is 0 Å². The number of rotatable bonds is 7. The van der Waals surface area contributed by atoms with Gasteiger partial charge < -0.3 is 9.73 Å². The number of thioether (sulfide) groups is 1. The highest BCUT2D eigenvalue weighted by molar-refractivity contribution is 7.98. The van der Waals surface area contributed by atoms with Gasteiger partial charge in [-0.1, -0.05) is 41.6 Å². The molecule has 0 unspecified atom stereocenters. The summed E-state index contributed by atoms with van der Waals surface area (Å²) >= 11 is 6.69. The highest BCUT2D eigenvalue weighted by Crippen LogP contribution is 2.24. The molecule has 0 amide bonds. The van der Waals surface area contributed by atoms with E-state index in [9.17, 15) is 8.78 Å². The number of hydrogen-bond donors (Lipinski definition) is 1. The van der Waals surface area contributed by atoms with Crippen LogP contribution in [-0.4, -0.2) is 5.76 Å². The minimum atomic E-state index is -2.38. The first-order valence-electron chi connectivity index (χ1n) is 6.51. The smallest absolute Gasteiger partial charge is 0.284 e. The quantitative estimate of drug-likeness (QED) is 0.751. The molecule has 0 saturated heterocycles. The summed E-state index contributed by atoms with van der Waals surface area (Å²) in [5.74, 6) is -0.921. The molecule has 2 nitrogen and oxygen atoms in total. The Labute approximate surface area is 131 Å². The molecule has 0 radical (unpaired) electrons. The summed E-state index contributed by atoms with van der Waals surface area (Å²) in [6.45, 7) is 2.53. The maximum atomic E-state index is 12.1. The fraction of sp³-hybridized carbons (Fsp3) is 0.333. The summed E-state index contributed by atoms with van der Waals surface area (Å²) in [5, 5.41) is 4.01. The first kappa shape index (κ1) is 16.3. The number of hydrogen-bond acceptors (Lipinski definition) is 3. The van der Waals surface area contributed by atoms with Gasteiger partial charge in [0.15, 0.2) is 0 Å². The number of alkyl halides is 2. The molecule has 6 heteroatoms. The molecule has 0 aliphatic rings. The zero-order valence-corrected chi connectivity index (χ0v) is 13.1. The third-order valence-electron chi connectivity index (χ3n) is 3.02. The lowest BCUT2D eigenvalue weighted by Gasteiger charge is -2.14. The van der Waals surface area contributed by atoms with Crippen LogP contribution in [0.2, 0.25) is 5.02 Å². The summed E-state index contributed by atoms with van der Waals surface area (Å²) in [7, 11) is 0. The van der Waals surface area contributed by atoms with Crippen molar-refractivity contribution in [1.82, 2.24) is 5.32 Å². The number of furan rings is 1. The third kappa shape index (κ3) is 5.02. The van der Waals surface area contributed by atoms with Gasteiger partial charge in [-0.05, 0) is 30.7 Å². The van der Waals surface area contributed by atoms with Gasteiger partial charge in [0.05, 0.1) is 12.3 Å². The van der Waals surface area contributed by atoms with E-state index >= 15 is 0 Å². The Kier molecular flexibility index (Phi) is 6.08. The topological polar surface area (TPSA) is 25.2 Å². The van der Waals surface area contributed by atoms with Crippen LogP contribution in [0.1, 0.15) is 30.0 Å². The predicted octanol–water partition coefficient (Wildman–Crippen LogP) is 5.24. The summed E-state index contributed by atoms with van der Waals surface area (Å²) in [5.41, 5.74) is 1.01. The molecule has 0 aliphatic heterocycles. The fourth-order valence-corrected chi connectivity index (χ4v) is 2.67. The van der Waals surface area contributed by atoms with Crippen molar-refractivity contribution in [2.75, 3.05) is 0 Å². The second-order valence-corrected chi connectivity index (χ2v) is 5.95.